The van der Waals surface area contributed by atoms with Crippen LogP contribution in [0.1, 0.15) is 53.4 Å². The maximum Gasteiger partial charge on any atom is 0.494 e. The summed E-state index contributed by atoms with van der Waals surface area (Å²) in [6.45, 7) is 10.2. The predicted molar refractivity (Wildman–Crippen MR) is 109 cm³/mol. The van der Waals surface area contributed by atoms with Crippen molar-refractivity contribution in [3.05, 3.63) is 24.3 Å². The number of nitrogens with zero attached hydrogens (tertiary/aromatic N) is 1. The number of rotatable bonds is 4. The van der Waals surface area contributed by atoms with E-state index in [9.17, 15) is 0 Å². The molecule has 0 aromatic heterocycles. The Bertz CT molecular complexity index is 688. The average Bonchev–Trinajstić information content (AvgIpc) is 2.95. The van der Waals surface area contributed by atoms with Crippen LogP contribution in [0.15, 0.2) is 24.3 Å². The van der Waals surface area contributed by atoms with Crippen molar-refractivity contribution in [3.8, 4) is 5.75 Å². The second-order valence-electron chi connectivity index (χ2n) is 9.89. The van der Waals surface area contributed by atoms with Gasteiger partial charge in [-0.2, -0.15) is 0 Å². The van der Waals surface area contributed by atoms with Gasteiger partial charge in [0.2, 0.25) is 0 Å². The number of hydrogen-bond donors (Lipinski definition) is 0. The molecule has 0 aliphatic carbocycles. The third-order valence-corrected chi connectivity index (χ3v) is 7.50. The fraction of sp³-hybridized carbons (Fsp3) is 0.727. The van der Waals surface area contributed by atoms with E-state index in [0.717, 1.165) is 37.3 Å². The van der Waals surface area contributed by atoms with Gasteiger partial charge in [0.25, 0.3) is 0 Å². The SMILES string of the molecule is CC1(C)OB(c2ccc(O[C@@H]3C[C@H]4CC[C@@H](C3)N4C3COC3)cc2)OC1(C)C. The summed E-state index contributed by atoms with van der Waals surface area (Å²) in [6.07, 6.45) is 5.19. The highest BCUT2D eigenvalue weighted by Gasteiger charge is 2.51. The molecule has 0 spiro atoms. The molecule has 0 radical (unpaired) electrons. The fourth-order valence-corrected chi connectivity index (χ4v) is 5.13. The van der Waals surface area contributed by atoms with Crippen LogP contribution in [0.3, 0.4) is 0 Å². The van der Waals surface area contributed by atoms with Gasteiger partial charge in [-0.25, -0.2) is 0 Å². The van der Waals surface area contributed by atoms with E-state index in [1.54, 1.807) is 0 Å². The number of ether oxygens (including phenoxy) is 2. The molecular weight excluding hydrogens is 353 g/mol. The standard InChI is InChI=1S/C22H32BNO4/c1-21(2)22(3,4)28-23(27-21)15-5-9-19(10-6-15)26-20-11-16-7-8-17(12-20)24(16)18-13-25-14-18/h5-6,9-10,16-18,20H,7-8,11-14H2,1-4H3/t16-,17+,20-. The summed E-state index contributed by atoms with van der Waals surface area (Å²) in [5, 5.41) is 0. The lowest BCUT2D eigenvalue weighted by Gasteiger charge is -2.46. The van der Waals surface area contributed by atoms with Crippen LogP contribution in [-0.4, -0.2) is 60.7 Å². The van der Waals surface area contributed by atoms with Gasteiger partial charge in [-0.05, 0) is 71.0 Å². The van der Waals surface area contributed by atoms with E-state index in [1.807, 2.05) is 0 Å². The molecule has 0 amide bonds. The Morgan fingerprint density at radius 2 is 1.46 bits per heavy atom. The number of piperidine rings is 1. The average molecular weight is 385 g/mol. The Balaban J connectivity index is 1.21. The van der Waals surface area contributed by atoms with Gasteiger partial charge < -0.3 is 18.8 Å². The summed E-state index contributed by atoms with van der Waals surface area (Å²) < 4.78 is 24.1. The van der Waals surface area contributed by atoms with Crippen molar-refractivity contribution in [2.24, 2.45) is 0 Å². The Morgan fingerprint density at radius 3 is 1.96 bits per heavy atom. The van der Waals surface area contributed by atoms with E-state index >= 15 is 0 Å². The van der Waals surface area contributed by atoms with Gasteiger partial charge >= 0.3 is 7.12 Å². The van der Waals surface area contributed by atoms with Gasteiger partial charge in [0, 0.05) is 12.1 Å². The molecule has 28 heavy (non-hydrogen) atoms. The van der Waals surface area contributed by atoms with Gasteiger partial charge in [0.1, 0.15) is 11.9 Å². The van der Waals surface area contributed by atoms with Crippen LogP contribution in [0.25, 0.3) is 0 Å². The molecule has 4 heterocycles. The van der Waals surface area contributed by atoms with Crippen LogP contribution in [0.4, 0.5) is 0 Å². The lowest BCUT2D eigenvalue weighted by molar-refractivity contribution is -0.102. The molecule has 1 aromatic carbocycles. The van der Waals surface area contributed by atoms with Gasteiger partial charge in [0.15, 0.2) is 0 Å². The molecule has 5 rings (SSSR count). The molecule has 0 N–H and O–H groups in total. The number of hydrogen-bond acceptors (Lipinski definition) is 5. The molecule has 6 heteroatoms. The molecule has 4 aliphatic heterocycles. The van der Waals surface area contributed by atoms with Crippen molar-refractivity contribution >= 4 is 12.6 Å². The lowest BCUT2D eigenvalue weighted by atomic mass is 9.79. The first-order valence-electron chi connectivity index (χ1n) is 10.8. The van der Waals surface area contributed by atoms with Crippen molar-refractivity contribution in [1.29, 1.82) is 0 Å². The zero-order valence-electron chi connectivity index (χ0n) is 17.5. The Kier molecular flexibility index (Phi) is 4.55. The molecular formula is C22H32BNO4. The first-order chi connectivity index (χ1) is 13.3. The third-order valence-electron chi connectivity index (χ3n) is 7.50. The van der Waals surface area contributed by atoms with E-state index in [2.05, 4.69) is 56.9 Å². The van der Waals surface area contributed by atoms with Crippen LogP contribution in [0, 0.1) is 0 Å². The highest BCUT2D eigenvalue weighted by atomic mass is 16.7. The predicted octanol–water partition coefficient (Wildman–Crippen LogP) is 2.76. The molecule has 5 nitrogen and oxygen atoms in total. The number of benzene rings is 1. The molecule has 1 aromatic rings. The third kappa shape index (κ3) is 3.19. The van der Waals surface area contributed by atoms with E-state index in [1.165, 1.54) is 12.8 Å². The molecule has 2 bridgehead atoms. The fourth-order valence-electron chi connectivity index (χ4n) is 5.13. The van der Waals surface area contributed by atoms with Gasteiger partial charge in [-0.15, -0.1) is 0 Å². The topological polar surface area (TPSA) is 40.2 Å². The van der Waals surface area contributed by atoms with Gasteiger partial charge in [0.05, 0.1) is 30.5 Å². The summed E-state index contributed by atoms with van der Waals surface area (Å²) in [7, 11) is -0.317. The van der Waals surface area contributed by atoms with E-state index in [-0.39, 0.29) is 18.3 Å². The Morgan fingerprint density at radius 1 is 0.893 bits per heavy atom. The molecule has 152 valence electrons. The first-order valence-corrected chi connectivity index (χ1v) is 10.8. The summed E-state index contributed by atoms with van der Waals surface area (Å²) >= 11 is 0. The van der Waals surface area contributed by atoms with Crippen molar-refractivity contribution in [1.82, 2.24) is 4.90 Å². The normalized spacial score (nSPS) is 34.4. The monoisotopic (exact) mass is 385 g/mol. The maximum atomic E-state index is 6.38. The van der Waals surface area contributed by atoms with Crippen LogP contribution in [0.2, 0.25) is 0 Å². The largest absolute Gasteiger partial charge is 0.494 e. The van der Waals surface area contributed by atoms with Crippen LogP contribution in [0.5, 0.6) is 5.75 Å². The zero-order chi connectivity index (χ0) is 19.5. The molecule has 0 unspecified atom stereocenters. The second-order valence-corrected chi connectivity index (χ2v) is 9.89. The quantitative estimate of drug-likeness (QED) is 0.746. The lowest BCUT2D eigenvalue weighted by Crippen LogP contribution is -2.57. The smallest absolute Gasteiger partial charge is 0.490 e. The number of fused-ring (bicyclic) bond motifs is 2. The summed E-state index contributed by atoms with van der Waals surface area (Å²) in [5.74, 6) is 0.949. The molecule has 4 fully saturated rings. The van der Waals surface area contributed by atoms with Crippen LogP contribution in [-0.2, 0) is 14.0 Å². The van der Waals surface area contributed by atoms with Crippen molar-refractivity contribution < 1.29 is 18.8 Å². The van der Waals surface area contributed by atoms with E-state index < -0.39 is 0 Å². The van der Waals surface area contributed by atoms with E-state index in [4.69, 9.17) is 18.8 Å². The second kappa shape index (κ2) is 6.73. The molecule has 3 atom stereocenters. The first kappa shape index (κ1) is 18.9. The van der Waals surface area contributed by atoms with Crippen LogP contribution < -0.4 is 10.2 Å². The highest BCUT2D eigenvalue weighted by Crippen LogP contribution is 2.40. The van der Waals surface area contributed by atoms with E-state index in [0.29, 0.717) is 24.2 Å². The van der Waals surface area contributed by atoms with Gasteiger partial charge in [-0.1, -0.05) is 12.1 Å². The van der Waals surface area contributed by atoms with Crippen LogP contribution >= 0.6 is 0 Å². The highest BCUT2D eigenvalue weighted by molar-refractivity contribution is 6.62. The van der Waals surface area contributed by atoms with Crippen molar-refractivity contribution in [3.63, 3.8) is 0 Å². The molecule has 0 saturated carbocycles. The summed E-state index contributed by atoms with van der Waals surface area (Å²) in [4.78, 5) is 2.73. The van der Waals surface area contributed by atoms with Crippen molar-refractivity contribution in [2.75, 3.05) is 13.2 Å². The minimum Gasteiger partial charge on any atom is -0.490 e. The minimum absolute atomic E-state index is 0.314. The molecule has 4 aliphatic rings. The minimum atomic E-state index is -0.317. The zero-order valence-corrected chi connectivity index (χ0v) is 17.5. The Hall–Kier alpha value is -1.08. The Labute approximate surface area is 168 Å². The summed E-state index contributed by atoms with van der Waals surface area (Å²) in [5.41, 5.74) is 0.419. The van der Waals surface area contributed by atoms with Gasteiger partial charge in [-0.3, -0.25) is 4.90 Å². The van der Waals surface area contributed by atoms with Crippen molar-refractivity contribution in [2.45, 2.75) is 88.8 Å². The molecule has 4 saturated heterocycles. The summed E-state index contributed by atoms with van der Waals surface area (Å²) in [6, 6.07) is 10.3. The maximum absolute atomic E-state index is 6.38.